The molecule has 0 saturated heterocycles. The number of hydrogen-bond donors (Lipinski definition) is 4. The fourth-order valence-corrected chi connectivity index (χ4v) is 6.29. The number of carbonyl (C=O) groups excluding carboxylic acids is 4. The number of ether oxygens (including phenoxy) is 1. The molecule has 1 atom stereocenters. The van der Waals surface area contributed by atoms with Gasteiger partial charge in [0.25, 0.3) is 25.5 Å². The van der Waals surface area contributed by atoms with Crippen molar-refractivity contribution in [3.63, 3.8) is 0 Å². The molecule has 18 heteroatoms. The summed E-state index contributed by atoms with van der Waals surface area (Å²) in [5.41, 5.74) is 0.787. The van der Waals surface area contributed by atoms with Crippen molar-refractivity contribution in [3.8, 4) is 0 Å². The Bertz CT molecular complexity index is 1760. The summed E-state index contributed by atoms with van der Waals surface area (Å²) in [7, 11) is 0.874. The Balaban J connectivity index is 1.35. The van der Waals surface area contributed by atoms with Gasteiger partial charge in [-0.2, -0.15) is 0 Å². The number of nitrogens with zero attached hydrogens (tertiary/aromatic N) is 4. The molecule has 0 spiro atoms. The monoisotopic (exact) mass is 775 g/mol. The lowest BCUT2D eigenvalue weighted by Crippen LogP contribution is -2.27. The Kier molecular flexibility index (Phi) is 17.0. The Labute approximate surface area is 317 Å². The lowest BCUT2D eigenvalue weighted by Gasteiger charge is -2.21. The first-order valence-electron chi connectivity index (χ1n) is 18.3. The maximum absolute atomic E-state index is 13.2. The van der Waals surface area contributed by atoms with Gasteiger partial charge in [-0.1, -0.05) is 51.4 Å². The minimum absolute atomic E-state index is 0.0333. The number of unbranched alkanes of at least 4 members (excludes halogenated alkanes) is 9. The molecule has 0 saturated carbocycles. The van der Waals surface area contributed by atoms with Gasteiger partial charge >= 0.3 is 6.09 Å². The van der Waals surface area contributed by atoms with E-state index in [1.54, 1.807) is 76.4 Å². The number of carbonyl (C=O) groups is 4. The number of hydrogen-bond acceptors (Lipinski definition) is 10. The molecule has 0 bridgehead atoms. The van der Waals surface area contributed by atoms with E-state index < -0.39 is 31.3 Å². The van der Waals surface area contributed by atoms with Gasteiger partial charge in [-0.3, -0.25) is 24.3 Å². The van der Waals surface area contributed by atoms with E-state index in [4.69, 9.17) is 9.26 Å². The number of aromatic nitrogens is 4. The van der Waals surface area contributed by atoms with Crippen molar-refractivity contribution in [3.05, 3.63) is 47.9 Å². The molecule has 3 rings (SSSR count). The van der Waals surface area contributed by atoms with Gasteiger partial charge in [0.05, 0.1) is 24.6 Å². The second-order valence-electron chi connectivity index (χ2n) is 14.0. The van der Waals surface area contributed by atoms with Crippen molar-refractivity contribution < 1.29 is 42.4 Å². The Hall–Kier alpha value is -4.44. The Morgan fingerprint density at radius 3 is 1.80 bits per heavy atom. The van der Waals surface area contributed by atoms with E-state index in [0.29, 0.717) is 30.0 Å². The molecule has 4 amide bonds. The molecule has 0 fully saturated rings. The standard InChI is InChI=1S/C36H57N8O9P/c1-8-51-54(49,50)52-20-18-16-14-12-10-9-11-13-15-17-19-37-32(45)28-21-26(23-42(28)5)38-33(46)29-22-27(24-43(29)6)39-34(47)31-40-30(25-44(31)7)41-35(48)53-36(2,3)4/h21-25H,8-20H2,1-7H3,(H,37,45)(H,38,46)(H,39,47)(H,41,48)(H,49,50)/p-1. The van der Waals surface area contributed by atoms with E-state index in [0.717, 1.165) is 57.8 Å². The van der Waals surface area contributed by atoms with Crippen LogP contribution in [0.15, 0.2) is 30.7 Å². The maximum atomic E-state index is 13.2. The molecule has 4 N–H and O–H groups in total. The van der Waals surface area contributed by atoms with Gasteiger partial charge in [-0.15, -0.1) is 0 Å². The normalized spacial score (nSPS) is 12.6. The third kappa shape index (κ3) is 15.1. The lowest BCUT2D eigenvalue weighted by molar-refractivity contribution is -0.225. The molecule has 3 heterocycles. The quantitative estimate of drug-likeness (QED) is 0.0680. The zero-order valence-electron chi connectivity index (χ0n) is 32.5. The first-order chi connectivity index (χ1) is 25.5. The summed E-state index contributed by atoms with van der Waals surface area (Å²) in [6, 6.07) is 3.13. The highest BCUT2D eigenvalue weighted by Gasteiger charge is 2.21. The van der Waals surface area contributed by atoms with E-state index in [2.05, 4.69) is 30.8 Å². The fraction of sp³-hybridized carbons (Fsp3) is 0.583. The molecular formula is C36H56N8O9P-. The van der Waals surface area contributed by atoms with Crippen molar-refractivity contribution in [2.45, 2.75) is 97.5 Å². The number of rotatable bonds is 22. The van der Waals surface area contributed by atoms with Crippen LogP contribution in [0.2, 0.25) is 0 Å². The summed E-state index contributed by atoms with van der Waals surface area (Å²) in [6.07, 6.45) is 14.1. The predicted molar refractivity (Wildman–Crippen MR) is 203 cm³/mol. The summed E-state index contributed by atoms with van der Waals surface area (Å²) in [6.45, 7) is 7.60. The van der Waals surface area contributed by atoms with Crippen LogP contribution in [0.5, 0.6) is 0 Å². The predicted octanol–water partition coefficient (Wildman–Crippen LogP) is 6.10. The SMILES string of the molecule is CCOP(=O)([O-])OCCCCCCCCCCCCNC(=O)c1cc(NC(=O)c2cc(NC(=O)c3nc(NC(=O)OC(C)(C)C)cn3C)cn2C)cn1C. The van der Waals surface area contributed by atoms with E-state index in [1.165, 1.54) is 16.8 Å². The number of phosphoric ester groups is 1. The number of imidazole rings is 1. The molecule has 0 aliphatic rings. The van der Waals surface area contributed by atoms with Crippen LogP contribution in [0.4, 0.5) is 22.0 Å². The van der Waals surface area contributed by atoms with Gasteiger partial charge in [-0.25, -0.2) is 9.78 Å². The summed E-state index contributed by atoms with van der Waals surface area (Å²) >= 11 is 0. The number of amides is 4. The smallest absolute Gasteiger partial charge is 0.413 e. The molecule has 3 aromatic rings. The van der Waals surface area contributed by atoms with Gasteiger partial charge < -0.3 is 48.3 Å². The van der Waals surface area contributed by atoms with Crippen LogP contribution in [0.3, 0.4) is 0 Å². The maximum Gasteiger partial charge on any atom is 0.413 e. The van der Waals surface area contributed by atoms with Gasteiger partial charge in [0.2, 0.25) is 5.82 Å². The average molecular weight is 776 g/mol. The Morgan fingerprint density at radius 1 is 0.722 bits per heavy atom. The zero-order chi connectivity index (χ0) is 39.9. The molecule has 1 unspecified atom stereocenters. The topological polar surface area (TPSA) is 212 Å². The summed E-state index contributed by atoms with van der Waals surface area (Å²) in [5, 5.41) is 11.0. The number of phosphoric acid groups is 1. The van der Waals surface area contributed by atoms with Crippen LogP contribution < -0.4 is 26.2 Å². The largest absolute Gasteiger partial charge is 0.756 e. The highest BCUT2D eigenvalue weighted by Crippen LogP contribution is 2.38. The van der Waals surface area contributed by atoms with Crippen molar-refractivity contribution in [1.29, 1.82) is 0 Å². The fourth-order valence-electron chi connectivity index (χ4n) is 5.55. The first-order valence-corrected chi connectivity index (χ1v) is 19.8. The van der Waals surface area contributed by atoms with E-state index in [1.807, 2.05) is 0 Å². The van der Waals surface area contributed by atoms with Crippen LogP contribution in [0.1, 0.15) is 123 Å². The van der Waals surface area contributed by atoms with Crippen LogP contribution in [-0.2, 0) is 39.5 Å². The molecule has 54 heavy (non-hydrogen) atoms. The minimum atomic E-state index is -4.14. The average Bonchev–Trinajstić information content (AvgIpc) is 3.74. The summed E-state index contributed by atoms with van der Waals surface area (Å²) in [5.74, 6) is -1.03. The van der Waals surface area contributed by atoms with Crippen LogP contribution in [-0.4, -0.2) is 67.9 Å². The van der Waals surface area contributed by atoms with Gasteiger partial charge in [0.15, 0.2) is 5.82 Å². The van der Waals surface area contributed by atoms with E-state index in [-0.39, 0.29) is 36.5 Å². The van der Waals surface area contributed by atoms with Crippen LogP contribution in [0.25, 0.3) is 0 Å². The molecule has 17 nitrogen and oxygen atoms in total. The van der Waals surface area contributed by atoms with Crippen molar-refractivity contribution in [2.75, 3.05) is 35.7 Å². The zero-order valence-corrected chi connectivity index (χ0v) is 33.4. The molecule has 3 aromatic heterocycles. The van der Waals surface area contributed by atoms with Crippen molar-refractivity contribution >= 4 is 48.8 Å². The molecule has 0 aromatic carbocycles. The van der Waals surface area contributed by atoms with Crippen LogP contribution in [0, 0.1) is 0 Å². The molecule has 0 radical (unpaired) electrons. The number of anilines is 3. The third-order valence-corrected chi connectivity index (χ3v) is 9.17. The number of nitrogens with one attached hydrogen (secondary N) is 4. The van der Waals surface area contributed by atoms with Gasteiger partial charge in [0, 0.05) is 46.3 Å². The van der Waals surface area contributed by atoms with E-state index >= 15 is 0 Å². The van der Waals surface area contributed by atoms with Gasteiger partial charge in [-0.05, 0) is 52.7 Å². The van der Waals surface area contributed by atoms with Crippen molar-refractivity contribution in [2.24, 2.45) is 21.1 Å². The highest BCUT2D eigenvalue weighted by atomic mass is 31.2. The number of aryl methyl sites for hydroxylation is 3. The molecule has 0 aliphatic carbocycles. The molecule has 300 valence electrons. The molecule has 0 aliphatic heterocycles. The highest BCUT2D eigenvalue weighted by molar-refractivity contribution is 7.45. The molecular weight excluding hydrogens is 719 g/mol. The second-order valence-corrected chi connectivity index (χ2v) is 15.4. The van der Waals surface area contributed by atoms with Crippen LogP contribution >= 0.6 is 7.82 Å². The third-order valence-electron chi connectivity index (χ3n) is 8.09. The first kappa shape index (κ1) is 44.0. The van der Waals surface area contributed by atoms with Crippen molar-refractivity contribution in [1.82, 2.24) is 24.0 Å². The second kappa shape index (κ2) is 20.9. The minimum Gasteiger partial charge on any atom is -0.756 e. The Morgan fingerprint density at radius 2 is 1.24 bits per heavy atom. The summed E-state index contributed by atoms with van der Waals surface area (Å²) in [4.78, 5) is 66.6. The van der Waals surface area contributed by atoms with E-state index in [9.17, 15) is 28.6 Å². The van der Waals surface area contributed by atoms with Gasteiger partial charge in [0.1, 0.15) is 17.0 Å². The summed E-state index contributed by atoms with van der Waals surface area (Å²) < 4.78 is 30.6. The lowest BCUT2D eigenvalue weighted by atomic mass is 10.1.